The lowest BCUT2D eigenvalue weighted by Crippen LogP contribution is -2.52. The Balaban J connectivity index is 1.27. The summed E-state index contributed by atoms with van der Waals surface area (Å²) in [6, 6.07) is 7.50. The quantitative estimate of drug-likeness (QED) is 0.336. The van der Waals surface area contributed by atoms with Gasteiger partial charge in [-0.2, -0.15) is 0 Å². The summed E-state index contributed by atoms with van der Waals surface area (Å²) in [6.07, 6.45) is 1.29. The van der Waals surface area contributed by atoms with Gasteiger partial charge in [0.15, 0.2) is 18.4 Å². The standard InChI is InChI=1S/C26H24N4O10/c1-35-17-3-2-15-9-29(22(31)19(15)7-17)12-26(21-6-16-8-27-5-4-20(16)40-21)23(32)30(24(33)28-26)13-38-25(34)39-18-10-36-14-37-11-18/h2-8,18H,9-14H2,1H3,(H,28,33)/t26-/m0/s1. The van der Waals surface area contributed by atoms with E-state index in [0.29, 0.717) is 22.3 Å². The van der Waals surface area contributed by atoms with Gasteiger partial charge in [-0.05, 0) is 29.8 Å². The number of rotatable bonds is 7. The number of carbonyl (C=O) groups excluding carboxylic acids is 4. The molecule has 3 aromatic rings. The summed E-state index contributed by atoms with van der Waals surface area (Å²) in [5, 5.41) is 3.27. The van der Waals surface area contributed by atoms with E-state index in [-0.39, 0.29) is 44.8 Å². The first-order valence-corrected chi connectivity index (χ1v) is 12.3. The lowest BCUT2D eigenvalue weighted by Gasteiger charge is -2.29. The number of amides is 4. The van der Waals surface area contributed by atoms with Gasteiger partial charge >= 0.3 is 12.2 Å². The Kier molecular flexibility index (Phi) is 6.48. The molecule has 2 fully saturated rings. The second kappa shape index (κ2) is 10.1. The number of pyridine rings is 1. The molecule has 208 valence electrons. The van der Waals surface area contributed by atoms with Gasteiger partial charge in [-0.3, -0.25) is 14.6 Å². The van der Waals surface area contributed by atoms with E-state index in [9.17, 15) is 19.2 Å². The van der Waals surface area contributed by atoms with Gasteiger partial charge in [0, 0.05) is 29.9 Å². The van der Waals surface area contributed by atoms with Crippen LogP contribution in [0.5, 0.6) is 5.75 Å². The van der Waals surface area contributed by atoms with Crippen LogP contribution in [-0.4, -0.2) is 85.3 Å². The molecule has 4 amide bonds. The number of fused-ring (bicyclic) bond motifs is 2. The van der Waals surface area contributed by atoms with Crippen molar-refractivity contribution in [1.29, 1.82) is 0 Å². The van der Waals surface area contributed by atoms with Crippen LogP contribution in [0.3, 0.4) is 0 Å². The van der Waals surface area contributed by atoms with Crippen molar-refractivity contribution in [1.82, 2.24) is 20.1 Å². The van der Waals surface area contributed by atoms with Crippen molar-refractivity contribution in [3.05, 3.63) is 59.6 Å². The predicted octanol–water partition coefficient (Wildman–Crippen LogP) is 1.72. The van der Waals surface area contributed by atoms with E-state index in [1.807, 2.05) is 0 Å². The molecule has 2 saturated heterocycles. The number of nitrogens with one attached hydrogen (secondary N) is 1. The molecule has 1 aromatic carbocycles. The van der Waals surface area contributed by atoms with Crippen molar-refractivity contribution in [2.24, 2.45) is 0 Å². The number of nitrogens with zero attached hydrogens (tertiary/aromatic N) is 3. The van der Waals surface area contributed by atoms with Crippen LogP contribution in [0.25, 0.3) is 11.0 Å². The monoisotopic (exact) mass is 552 g/mol. The SMILES string of the molecule is COc1ccc2c(c1)C(=O)N(C[C@@]1(c3cc4cnccc4o3)NC(=O)N(COC(=O)OC3COCOC3)C1=O)C2. The normalized spacial score (nSPS) is 21.1. The van der Waals surface area contributed by atoms with Gasteiger partial charge < -0.3 is 38.3 Å². The Morgan fingerprint density at radius 3 is 2.77 bits per heavy atom. The number of imide groups is 1. The van der Waals surface area contributed by atoms with Crippen LogP contribution in [0.4, 0.5) is 9.59 Å². The number of ether oxygens (including phenoxy) is 5. The first kappa shape index (κ1) is 25.6. The highest BCUT2D eigenvalue weighted by molar-refractivity contribution is 6.08. The number of hydrogen-bond donors (Lipinski definition) is 1. The van der Waals surface area contributed by atoms with E-state index in [1.54, 1.807) is 36.5 Å². The molecule has 1 atom stereocenters. The third-order valence-corrected chi connectivity index (χ3v) is 6.89. The molecule has 3 aliphatic rings. The summed E-state index contributed by atoms with van der Waals surface area (Å²) in [7, 11) is 1.50. The summed E-state index contributed by atoms with van der Waals surface area (Å²) < 4.78 is 31.5. The van der Waals surface area contributed by atoms with E-state index in [2.05, 4.69) is 10.3 Å². The second-order valence-electron chi connectivity index (χ2n) is 9.40. The Labute approximate surface area is 226 Å². The lowest BCUT2D eigenvalue weighted by atomic mass is 9.95. The van der Waals surface area contributed by atoms with Crippen LogP contribution in [0.1, 0.15) is 21.7 Å². The zero-order valence-corrected chi connectivity index (χ0v) is 21.3. The molecule has 0 bridgehead atoms. The topological polar surface area (TPSA) is 159 Å². The van der Waals surface area contributed by atoms with E-state index in [4.69, 9.17) is 28.1 Å². The molecule has 3 aliphatic heterocycles. The van der Waals surface area contributed by atoms with Gasteiger partial charge in [0.1, 0.15) is 23.9 Å². The average Bonchev–Trinajstić information content (AvgIpc) is 3.60. The van der Waals surface area contributed by atoms with Gasteiger partial charge in [-0.1, -0.05) is 6.07 Å². The molecule has 0 aliphatic carbocycles. The zero-order chi connectivity index (χ0) is 27.9. The van der Waals surface area contributed by atoms with Crippen molar-refractivity contribution in [3.8, 4) is 5.75 Å². The second-order valence-corrected chi connectivity index (χ2v) is 9.40. The minimum Gasteiger partial charge on any atom is -0.497 e. The van der Waals surface area contributed by atoms with E-state index in [1.165, 1.54) is 18.2 Å². The Hall–Kier alpha value is -4.69. The maximum Gasteiger partial charge on any atom is 0.510 e. The molecule has 14 heteroatoms. The molecule has 0 saturated carbocycles. The van der Waals surface area contributed by atoms with Gasteiger partial charge in [0.05, 0.1) is 26.9 Å². The molecule has 6 rings (SSSR count). The van der Waals surface area contributed by atoms with Crippen LogP contribution >= 0.6 is 0 Å². The third-order valence-electron chi connectivity index (χ3n) is 6.89. The van der Waals surface area contributed by atoms with E-state index in [0.717, 1.165) is 10.5 Å². The molecule has 40 heavy (non-hydrogen) atoms. The fourth-order valence-corrected chi connectivity index (χ4v) is 4.89. The van der Waals surface area contributed by atoms with E-state index >= 15 is 0 Å². The van der Waals surface area contributed by atoms with Crippen LogP contribution in [0.15, 0.2) is 47.1 Å². The summed E-state index contributed by atoms with van der Waals surface area (Å²) >= 11 is 0. The van der Waals surface area contributed by atoms with Crippen molar-refractivity contribution in [2.45, 2.75) is 18.2 Å². The molecule has 0 spiro atoms. The summed E-state index contributed by atoms with van der Waals surface area (Å²) in [5.74, 6) is -0.511. The number of carbonyl (C=O) groups is 4. The first-order chi connectivity index (χ1) is 19.4. The highest BCUT2D eigenvalue weighted by atomic mass is 16.8. The number of methoxy groups -OCH3 is 1. The average molecular weight is 552 g/mol. The Morgan fingerprint density at radius 1 is 1.18 bits per heavy atom. The summed E-state index contributed by atoms with van der Waals surface area (Å²) in [4.78, 5) is 58.8. The molecule has 0 radical (unpaired) electrons. The molecule has 5 heterocycles. The maximum atomic E-state index is 13.9. The van der Waals surface area contributed by atoms with Gasteiger partial charge in [-0.15, -0.1) is 0 Å². The fraction of sp³-hybridized carbons (Fsp3) is 0.346. The highest BCUT2D eigenvalue weighted by Crippen LogP contribution is 2.37. The number of urea groups is 1. The molecule has 14 nitrogen and oxygen atoms in total. The number of furan rings is 1. The Bertz CT molecular complexity index is 1470. The van der Waals surface area contributed by atoms with Crippen LogP contribution in [-0.2, 0) is 35.8 Å². The summed E-state index contributed by atoms with van der Waals surface area (Å²) in [6.45, 7) is -0.444. The molecular formula is C26H24N4O10. The molecule has 1 N–H and O–H groups in total. The molecule has 2 aromatic heterocycles. The van der Waals surface area contributed by atoms with Crippen molar-refractivity contribution in [2.75, 3.05) is 40.4 Å². The minimum atomic E-state index is -1.81. The van der Waals surface area contributed by atoms with Crippen LogP contribution in [0, 0.1) is 0 Å². The lowest BCUT2D eigenvalue weighted by molar-refractivity contribution is -0.159. The summed E-state index contributed by atoms with van der Waals surface area (Å²) in [5.41, 5.74) is -0.206. The van der Waals surface area contributed by atoms with Crippen molar-refractivity contribution >= 4 is 35.0 Å². The maximum absolute atomic E-state index is 13.9. The highest BCUT2D eigenvalue weighted by Gasteiger charge is 2.57. The van der Waals surface area contributed by atoms with Crippen LogP contribution in [0.2, 0.25) is 0 Å². The van der Waals surface area contributed by atoms with Crippen molar-refractivity contribution < 1.29 is 47.3 Å². The first-order valence-electron chi connectivity index (χ1n) is 12.3. The smallest absolute Gasteiger partial charge is 0.497 e. The fourth-order valence-electron chi connectivity index (χ4n) is 4.89. The minimum absolute atomic E-state index is 0.0927. The number of hydrogen-bond acceptors (Lipinski definition) is 11. The third kappa shape index (κ3) is 4.46. The van der Waals surface area contributed by atoms with Gasteiger partial charge in [-0.25, -0.2) is 14.5 Å². The Morgan fingerprint density at radius 2 is 2.00 bits per heavy atom. The largest absolute Gasteiger partial charge is 0.510 e. The van der Waals surface area contributed by atoms with Crippen molar-refractivity contribution in [3.63, 3.8) is 0 Å². The molecular weight excluding hydrogens is 528 g/mol. The molecule has 0 unspecified atom stereocenters. The van der Waals surface area contributed by atoms with Crippen LogP contribution < -0.4 is 10.1 Å². The van der Waals surface area contributed by atoms with Gasteiger partial charge in [0.25, 0.3) is 11.8 Å². The zero-order valence-electron chi connectivity index (χ0n) is 21.3. The predicted molar refractivity (Wildman–Crippen MR) is 132 cm³/mol. The van der Waals surface area contributed by atoms with E-state index < -0.39 is 36.5 Å². The van der Waals surface area contributed by atoms with Gasteiger partial charge in [0.2, 0.25) is 0 Å². The number of aromatic nitrogens is 1. The number of benzene rings is 1.